The summed E-state index contributed by atoms with van der Waals surface area (Å²) < 4.78 is 0. The maximum absolute atomic E-state index is 11.9. The smallest absolute Gasteiger partial charge is 0.246 e. The van der Waals surface area contributed by atoms with E-state index in [9.17, 15) is 4.79 Å². The molecule has 1 aliphatic carbocycles. The van der Waals surface area contributed by atoms with E-state index in [4.69, 9.17) is 5.26 Å². The quantitative estimate of drug-likeness (QED) is 0.823. The maximum Gasteiger partial charge on any atom is 0.246 e. The Bertz CT molecular complexity index is 389. The van der Waals surface area contributed by atoms with Crippen LogP contribution in [0.25, 0.3) is 0 Å². The summed E-state index contributed by atoms with van der Waals surface area (Å²) in [7, 11) is 0. The van der Waals surface area contributed by atoms with Gasteiger partial charge in [0.25, 0.3) is 0 Å². The molecule has 1 aromatic rings. The molecular weight excluding hydrogens is 212 g/mol. The van der Waals surface area contributed by atoms with Crippen LogP contribution in [-0.2, 0) is 4.79 Å². The number of amides is 1. The molecular formula is C9H10N4OS. The van der Waals surface area contributed by atoms with E-state index in [1.807, 2.05) is 0 Å². The molecule has 0 spiro atoms. The molecule has 0 atom stereocenters. The van der Waals surface area contributed by atoms with Gasteiger partial charge in [-0.1, -0.05) is 24.2 Å². The number of aromatic nitrogens is 2. The van der Waals surface area contributed by atoms with Crippen LogP contribution in [0.4, 0.5) is 5.13 Å². The summed E-state index contributed by atoms with van der Waals surface area (Å²) in [6.07, 6.45) is 3.18. The first-order chi connectivity index (χ1) is 7.27. The summed E-state index contributed by atoms with van der Waals surface area (Å²) in [5, 5.41) is 19.5. The van der Waals surface area contributed by atoms with Gasteiger partial charge >= 0.3 is 0 Å². The Morgan fingerprint density at radius 2 is 2.33 bits per heavy atom. The summed E-state index contributed by atoms with van der Waals surface area (Å²) >= 11 is 1.26. The van der Waals surface area contributed by atoms with Crippen molar-refractivity contribution in [2.45, 2.75) is 25.7 Å². The van der Waals surface area contributed by atoms with Crippen LogP contribution in [0.15, 0.2) is 5.51 Å². The van der Waals surface area contributed by atoms with Crippen molar-refractivity contribution in [3.05, 3.63) is 5.51 Å². The van der Waals surface area contributed by atoms with Crippen LogP contribution in [0.1, 0.15) is 25.7 Å². The van der Waals surface area contributed by atoms with Crippen LogP contribution in [0, 0.1) is 16.7 Å². The first kappa shape index (κ1) is 10.1. The molecule has 0 radical (unpaired) electrons. The van der Waals surface area contributed by atoms with E-state index in [0.717, 1.165) is 12.8 Å². The predicted octanol–water partition coefficient (Wildman–Crippen LogP) is 1.56. The van der Waals surface area contributed by atoms with E-state index >= 15 is 0 Å². The van der Waals surface area contributed by atoms with Crippen LogP contribution in [0.2, 0.25) is 0 Å². The molecule has 5 nitrogen and oxygen atoms in total. The van der Waals surface area contributed by atoms with Gasteiger partial charge in [0, 0.05) is 0 Å². The number of anilines is 1. The summed E-state index contributed by atoms with van der Waals surface area (Å²) in [6, 6.07) is 2.13. The van der Waals surface area contributed by atoms with Gasteiger partial charge in [0.05, 0.1) is 6.07 Å². The van der Waals surface area contributed by atoms with Gasteiger partial charge in [-0.2, -0.15) is 5.26 Å². The lowest BCUT2D eigenvalue weighted by Crippen LogP contribution is -2.32. The maximum atomic E-state index is 11.9. The van der Waals surface area contributed by atoms with E-state index in [2.05, 4.69) is 21.6 Å². The van der Waals surface area contributed by atoms with E-state index in [1.165, 1.54) is 11.3 Å². The van der Waals surface area contributed by atoms with Gasteiger partial charge in [-0.3, -0.25) is 10.1 Å². The number of hydrogen-bond acceptors (Lipinski definition) is 5. The highest BCUT2D eigenvalue weighted by molar-refractivity contribution is 7.13. The lowest BCUT2D eigenvalue weighted by atomic mass is 9.87. The van der Waals surface area contributed by atoms with Crippen molar-refractivity contribution in [3.63, 3.8) is 0 Å². The topological polar surface area (TPSA) is 78.7 Å². The zero-order valence-corrected chi connectivity index (χ0v) is 8.88. The first-order valence-corrected chi connectivity index (χ1v) is 5.64. The molecule has 0 aromatic carbocycles. The highest BCUT2D eigenvalue weighted by atomic mass is 32.1. The second kappa shape index (κ2) is 3.95. The third-order valence-corrected chi connectivity index (χ3v) is 3.29. The lowest BCUT2D eigenvalue weighted by molar-refractivity contribution is -0.122. The van der Waals surface area contributed by atoms with E-state index < -0.39 is 5.41 Å². The van der Waals surface area contributed by atoms with Crippen molar-refractivity contribution >= 4 is 22.4 Å². The molecule has 0 bridgehead atoms. The van der Waals surface area contributed by atoms with E-state index in [-0.39, 0.29) is 5.91 Å². The fourth-order valence-electron chi connectivity index (χ4n) is 1.81. The third-order valence-electron chi connectivity index (χ3n) is 2.69. The first-order valence-electron chi connectivity index (χ1n) is 4.76. The van der Waals surface area contributed by atoms with Gasteiger partial charge in [0.1, 0.15) is 10.9 Å². The van der Waals surface area contributed by atoms with Gasteiger partial charge < -0.3 is 0 Å². The van der Waals surface area contributed by atoms with E-state index in [1.54, 1.807) is 5.51 Å². The van der Waals surface area contributed by atoms with Crippen LogP contribution < -0.4 is 5.32 Å². The molecule has 1 N–H and O–H groups in total. The molecule has 0 saturated heterocycles. The largest absolute Gasteiger partial charge is 0.299 e. The van der Waals surface area contributed by atoms with Crippen LogP contribution in [0.5, 0.6) is 0 Å². The Kier molecular flexibility index (Phi) is 2.64. The molecule has 2 rings (SSSR count). The molecule has 1 amide bonds. The predicted molar refractivity (Wildman–Crippen MR) is 55.1 cm³/mol. The summed E-state index contributed by atoms with van der Waals surface area (Å²) in [4.78, 5) is 11.9. The molecule has 0 unspecified atom stereocenters. The molecule has 15 heavy (non-hydrogen) atoms. The van der Waals surface area contributed by atoms with Gasteiger partial charge in [0.2, 0.25) is 11.0 Å². The van der Waals surface area contributed by atoms with E-state index in [0.29, 0.717) is 18.0 Å². The van der Waals surface area contributed by atoms with Gasteiger partial charge in [-0.25, -0.2) is 0 Å². The third kappa shape index (κ3) is 1.83. The zero-order valence-electron chi connectivity index (χ0n) is 8.06. The molecule has 0 aliphatic heterocycles. The number of carbonyl (C=O) groups is 1. The van der Waals surface area contributed by atoms with Crippen molar-refractivity contribution < 1.29 is 4.79 Å². The Balaban J connectivity index is 2.10. The second-order valence-electron chi connectivity index (χ2n) is 3.60. The van der Waals surface area contributed by atoms with Crippen LogP contribution in [0.3, 0.4) is 0 Å². The van der Waals surface area contributed by atoms with Gasteiger partial charge in [-0.05, 0) is 12.8 Å². The monoisotopic (exact) mass is 222 g/mol. The van der Waals surface area contributed by atoms with Crippen molar-refractivity contribution in [3.8, 4) is 6.07 Å². The second-order valence-corrected chi connectivity index (χ2v) is 4.43. The minimum atomic E-state index is -0.842. The fourth-order valence-corrected chi connectivity index (χ4v) is 2.25. The Hall–Kier alpha value is -1.48. The highest BCUT2D eigenvalue weighted by Gasteiger charge is 2.41. The Morgan fingerprint density at radius 3 is 2.87 bits per heavy atom. The number of hydrogen-bond donors (Lipinski definition) is 1. The molecule has 1 aromatic heterocycles. The summed E-state index contributed by atoms with van der Waals surface area (Å²) in [5.41, 5.74) is 0.703. The standard InChI is InChI=1S/C9H10N4OS/c10-5-9(3-1-2-4-9)7(14)12-8-13-11-6-15-8/h6H,1-4H2,(H,12,13,14). The minimum absolute atomic E-state index is 0.237. The number of nitrogens with zero attached hydrogens (tertiary/aromatic N) is 3. The summed E-state index contributed by atoms with van der Waals surface area (Å²) in [6.45, 7) is 0. The Labute approximate surface area is 91.1 Å². The highest BCUT2D eigenvalue weighted by Crippen LogP contribution is 2.38. The Morgan fingerprint density at radius 1 is 1.60 bits per heavy atom. The number of rotatable bonds is 2. The van der Waals surface area contributed by atoms with Crippen LogP contribution in [-0.4, -0.2) is 16.1 Å². The molecule has 1 aliphatic rings. The molecule has 1 heterocycles. The molecule has 1 fully saturated rings. The zero-order chi connectivity index (χ0) is 10.7. The molecule has 6 heteroatoms. The average Bonchev–Trinajstić information content (AvgIpc) is 2.87. The van der Waals surface area contributed by atoms with Gasteiger partial charge in [0.15, 0.2) is 0 Å². The average molecular weight is 222 g/mol. The fraction of sp³-hybridized carbons (Fsp3) is 0.556. The van der Waals surface area contributed by atoms with Crippen LogP contribution >= 0.6 is 11.3 Å². The normalized spacial score (nSPS) is 18.3. The lowest BCUT2D eigenvalue weighted by Gasteiger charge is -2.17. The van der Waals surface area contributed by atoms with Crippen molar-refractivity contribution in [1.29, 1.82) is 5.26 Å². The SMILES string of the molecule is N#CC1(C(=O)Nc2nncs2)CCCC1. The molecule has 78 valence electrons. The van der Waals surface area contributed by atoms with Crippen molar-refractivity contribution in [2.24, 2.45) is 5.41 Å². The number of nitriles is 1. The van der Waals surface area contributed by atoms with Crippen molar-refractivity contribution in [1.82, 2.24) is 10.2 Å². The number of nitrogens with one attached hydrogen (secondary N) is 1. The van der Waals surface area contributed by atoms with Crippen molar-refractivity contribution in [2.75, 3.05) is 5.32 Å². The molecule has 1 saturated carbocycles. The summed E-state index contributed by atoms with van der Waals surface area (Å²) in [5.74, 6) is -0.237. The number of carbonyl (C=O) groups excluding carboxylic acids is 1. The minimum Gasteiger partial charge on any atom is -0.299 e. The van der Waals surface area contributed by atoms with Gasteiger partial charge in [-0.15, -0.1) is 10.2 Å².